The van der Waals surface area contributed by atoms with E-state index in [-0.39, 0.29) is 29.1 Å². The first kappa shape index (κ1) is 20.1. The van der Waals surface area contributed by atoms with Crippen molar-refractivity contribution in [1.82, 2.24) is 10.3 Å². The van der Waals surface area contributed by atoms with E-state index in [2.05, 4.69) is 10.3 Å². The molecule has 4 nitrogen and oxygen atoms in total. The Bertz CT molecular complexity index is 1150. The zero-order valence-corrected chi connectivity index (χ0v) is 17.0. The maximum Gasteiger partial charge on any atom is 0.240 e. The SMILES string of the molecule is NC1(C(=O)NC[C@H]2C[C@H](c3c(-c4ccc(F)cc4)[nH]c4c(F)cc(F)cc43)C2)CCC1. The molecular weight excluding hydrogens is 403 g/mol. The van der Waals surface area contributed by atoms with Crippen molar-refractivity contribution in [3.05, 3.63) is 59.4 Å². The average Bonchev–Trinajstić information content (AvgIpc) is 3.04. The highest BCUT2D eigenvalue weighted by molar-refractivity contribution is 5.92. The molecule has 162 valence electrons. The number of hydrogen-bond donors (Lipinski definition) is 3. The largest absolute Gasteiger partial charge is 0.354 e. The molecular formula is C24H24F3N3O. The highest BCUT2D eigenvalue weighted by Crippen LogP contribution is 2.48. The molecule has 2 fully saturated rings. The van der Waals surface area contributed by atoms with Gasteiger partial charge in [-0.3, -0.25) is 4.79 Å². The number of carbonyl (C=O) groups excluding carboxylic acids is 1. The second-order valence-corrected chi connectivity index (χ2v) is 8.98. The Morgan fingerprint density at radius 2 is 1.81 bits per heavy atom. The highest BCUT2D eigenvalue weighted by atomic mass is 19.1. The number of nitrogens with two attached hydrogens (primary N) is 1. The first-order valence-electron chi connectivity index (χ1n) is 10.7. The van der Waals surface area contributed by atoms with Crippen molar-refractivity contribution in [3.8, 4) is 11.3 Å². The van der Waals surface area contributed by atoms with E-state index in [1.165, 1.54) is 18.2 Å². The van der Waals surface area contributed by atoms with Gasteiger partial charge in [0.25, 0.3) is 0 Å². The van der Waals surface area contributed by atoms with Crippen molar-refractivity contribution in [2.75, 3.05) is 6.54 Å². The van der Waals surface area contributed by atoms with Gasteiger partial charge in [-0.1, -0.05) is 0 Å². The second kappa shape index (κ2) is 7.41. The van der Waals surface area contributed by atoms with E-state index in [0.29, 0.717) is 17.6 Å². The van der Waals surface area contributed by atoms with Gasteiger partial charge in [-0.25, -0.2) is 13.2 Å². The predicted octanol–water partition coefficient (Wildman–Crippen LogP) is 4.74. The van der Waals surface area contributed by atoms with Crippen LogP contribution in [-0.4, -0.2) is 23.0 Å². The zero-order valence-electron chi connectivity index (χ0n) is 17.0. The number of aromatic amines is 1. The van der Waals surface area contributed by atoms with Crippen LogP contribution in [0.3, 0.4) is 0 Å². The van der Waals surface area contributed by atoms with Gasteiger partial charge in [-0.2, -0.15) is 0 Å². The second-order valence-electron chi connectivity index (χ2n) is 8.98. The average molecular weight is 427 g/mol. The van der Waals surface area contributed by atoms with Crippen LogP contribution in [0.25, 0.3) is 22.2 Å². The molecule has 0 radical (unpaired) electrons. The molecule has 1 heterocycles. The number of rotatable bonds is 5. The van der Waals surface area contributed by atoms with E-state index in [0.717, 1.165) is 49.3 Å². The Labute approximate surface area is 178 Å². The lowest BCUT2D eigenvalue weighted by atomic mass is 9.70. The number of fused-ring (bicyclic) bond motifs is 1. The van der Waals surface area contributed by atoms with Crippen molar-refractivity contribution >= 4 is 16.8 Å². The third kappa shape index (κ3) is 3.51. The molecule has 1 aromatic heterocycles. The minimum atomic E-state index is -0.717. The fraction of sp³-hybridized carbons (Fsp3) is 0.375. The van der Waals surface area contributed by atoms with E-state index >= 15 is 0 Å². The maximum atomic E-state index is 14.5. The van der Waals surface area contributed by atoms with Gasteiger partial charge in [0.05, 0.1) is 16.7 Å². The summed E-state index contributed by atoms with van der Waals surface area (Å²) < 4.78 is 41.9. The van der Waals surface area contributed by atoms with Gasteiger partial charge in [0.1, 0.15) is 17.5 Å². The monoisotopic (exact) mass is 427 g/mol. The van der Waals surface area contributed by atoms with E-state index in [1.54, 1.807) is 12.1 Å². The van der Waals surface area contributed by atoms with Crippen LogP contribution in [-0.2, 0) is 4.79 Å². The summed E-state index contributed by atoms with van der Waals surface area (Å²) in [6, 6.07) is 8.18. The molecule has 0 unspecified atom stereocenters. The van der Waals surface area contributed by atoms with Crippen molar-refractivity contribution in [1.29, 1.82) is 0 Å². The van der Waals surface area contributed by atoms with E-state index in [4.69, 9.17) is 5.73 Å². The first-order chi connectivity index (χ1) is 14.8. The molecule has 7 heteroatoms. The molecule has 0 spiro atoms. The number of amides is 1. The molecule has 5 rings (SSSR count). The Morgan fingerprint density at radius 3 is 2.45 bits per heavy atom. The zero-order chi connectivity index (χ0) is 21.8. The summed E-state index contributed by atoms with van der Waals surface area (Å²) in [7, 11) is 0. The minimum absolute atomic E-state index is 0.0902. The van der Waals surface area contributed by atoms with Crippen molar-refractivity contribution in [3.63, 3.8) is 0 Å². The van der Waals surface area contributed by atoms with Gasteiger partial charge in [0.2, 0.25) is 5.91 Å². The van der Waals surface area contributed by atoms with Gasteiger partial charge in [-0.05, 0) is 85.4 Å². The van der Waals surface area contributed by atoms with Gasteiger partial charge >= 0.3 is 0 Å². The summed E-state index contributed by atoms with van der Waals surface area (Å²) in [5.74, 6) is -1.36. The lowest BCUT2D eigenvalue weighted by Gasteiger charge is -2.39. The number of benzene rings is 2. The van der Waals surface area contributed by atoms with Gasteiger partial charge in [0, 0.05) is 18.0 Å². The molecule has 0 bridgehead atoms. The number of H-pyrrole nitrogens is 1. The van der Waals surface area contributed by atoms with Crippen LogP contribution in [0.5, 0.6) is 0 Å². The summed E-state index contributed by atoms with van der Waals surface area (Å²) >= 11 is 0. The molecule has 2 aliphatic carbocycles. The van der Waals surface area contributed by atoms with Crippen LogP contribution in [0.2, 0.25) is 0 Å². The highest BCUT2D eigenvalue weighted by Gasteiger charge is 2.41. The molecule has 3 aromatic rings. The van der Waals surface area contributed by atoms with Gasteiger partial charge in [-0.15, -0.1) is 0 Å². The van der Waals surface area contributed by atoms with Crippen LogP contribution in [0.4, 0.5) is 13.2 Å². The summed E-state index contributed by atoms with van der Waals surface area (Å²) in [6.45, 7) is 0.547. The van der Waals surface area contributed by atoms with Gasteiger partial charge < -0.3 is 16.0 Å². The Kier molecular flexibility index (Phi) is 4.81. The molecule has 0 saturated heterocycles. The Hall–Kier alpha value is -2.80. The lowest BCUT2D eigenvalue weighted by molar-refractivity contribution is -0.129. The minimum Gasteiger partial charge on any atom is -0.354 e. The van der Waals surface area contributed by atoms with Crippen molar-refractivity contribution in [2.24, 2.45) is 11.7 Å². The van der Waals surface area contributed by atoms with Crippen LogP contribution in [0.15, 0.2) is 36.4 Å². The summed E-state index contributed by atoms with van der Waals surface area (Å²) in [4.78, 5) is 15.4. The lowest BCUT2D eigenvalue weighted by Crippen LogP contribution is -2.59. The smallest absolute Gasteiger partial charge is 0.240 e. The molecule has 2 aromatic carbocycles. The summed E-state index contributed by atoms with van der Waals surface area (Å²) in [5, 5.41) is 3.48. The van der Waals surface area contributed by atoms with E-state index in [9.17, 15) is 18.0 Å². The number of aromatic nitrogens is 1. The van der Waals surface area contributed by atoms with Crippen molar-refractivity contribution < 1.29 is 18.0 Å². The molecule has 1 amide bonds. The normalized spacial score (nSPS) is 22.1. The van der Waals surface area contributed by atoms with Crippen LogP contribution >= 0.6 is 0 Å². The third-order valence-corrected chi connectivity index (χ3v) is 6.89. The van der Waals surface area contributed by atoms with Crippen LogP contribution in [0, 0.1) is 23.4 Å². The fourth-order valence-corrected chi connectivity index (χ4v) is 4.84. The van der Waals surface area contributed by atoms with E-state index < -0.39 is 17.2 Å². The number of carbonyl (C=O) groups is 1. The third-order valence-electron chi connectivity index (χ3n) is 6.89. The first-order valence-corrected chi connectivity index (χ1v) is 10.7. The molecule has 4 N–H and O–H groups in total. The van der Waals surface area contributed by atoms with Crippen LogP contribution in [0.1, 0.15) is 43.6 Å². The Balaban J connectivity index is 1.39. The number of hydrogen-bond acceptors (Lipinski definition) is 2. The maximum absolute atomic E-state index is 14.5. The summed E-state index contributed by atoms with van der Waals surface area (Å²) in [6.07, 6.45) is 4.00. The quantitative estimate of drug-likeness (QED) is 0.550. The topological polar surface area (TPSA) is 70.9 Å². The van der Waals surface area contributed by atoms with Crippen molar-refractivity contribution in [2.45, 2.75) is 43.6 Å². The van der Waals surface area contributed by atoms with E-state index in [1.807, 2.05) is 0 Å². The standard InChI is InChI=1S/C24H24F3N3O/c25-16-4-2-14(3-5-16)21-20(18-10-17(26)11-19(27)22(18)30-21)15-8-13(9-15)12-29-23(31)24(28)6-1-7-24/h2-5,10-11,13,15,30H,1,6-9,12,28H2,(H,29,31)/t13-,15-. The Morgan fingerprint density at radius 1 is 1.10 bits per heavy atom. The molecule has 31 heavy (non-hydrogen) atoms. The molecule has 0 atom stereocenters. The summed E-state index contributed by atoms with van der Waals surface area (Å²) in [5.41, 5.74) is 7.85. The predicted molar refractivity (Wildman–Crippen MR) is 113 cm³/mol. The number of nitrogens with one attached hydrogen (secondary N) is 2. The van der Waals surface area contributed by atoms with Gasteiger partial charge in [0.15, 0.2) is 0 Å². The molecule has 2 aliphatic rings. The molecule has 0 aliphatic heterocycles. The molecule has 2 saturated carbocycles. The fourth-order valence-electron chi connectivity index (χ4n) is 4.84. The number of halogens is 3. The van der Waals surface area contributed by atoms with Crippen LogP contribution < -0.4 is 11.1 Å².